The fourth-order valence-corrected chi connectivity index (χ4v) is 2.23. The van der Waals surface area contributed by atoms with Crippen LogP contribution in [0.2, 0.25) is 10.0 Å². The molecule has 2 aromatic rings. The maximum atomic E-state index is 5.98. The molecule has 0 aromatic heterocycles. The van der Waals surface area contributed by atoms with E-state index in [0.717, 1.165) is 30.8 Å². The van der Waals surface area contributed by atoms with Gasteiger partial charge >= 0.3 is 0 Å². The lowest BCUT2D eigenvalue weighted by molar-refractivity contribution is 0.306. The van der Waals surface area contributed by atoms with Crippen LogP contribution in [0.3, 0.4) is 0 Å². The highest BCUT2D eigenvalue weighted by Gasteiger charge is 2.01. The Labute approximate surface area is 136 Å². The van der Waals surface area contributed by atoms with Gasteiger partial charge in [0.1, 0.15) is 12.4 Å². The normalized spacial score (nSPS) is 10.6. The molecule has 0 aliphatic heterocycles. The molecule has 2 rings (SSSR count). The molecule has 0 saturated carbocycles. The largest absolute Gasteiger partial charge is 0.489 e. The Hall–Kier alpha value is -1.22. The van der Waals surface area contributed by atoms with E-state index in [4.69, 9.17) is 27.9 Å². The van der Waals surface area contributed by atoms with Gasteiger partial charge in [0.25, 0.3) is 0 Å². The van der Waals surface area contributed by atoms with Crippen LogP contribution in [0, 0.1) is 0 Å². The summed E-state index contributed by atoms with van der Waals surface area (Å²) in [5, 5.41) is 4.48. The van der Waals surface area contributed by atoms with Gasteiger partial charge in [-0.2, -0.15) is 0 Å². The molecule has 0 heterocycles. The van der Waals surface area contributed by atoms with E-state index in [1.165, 1.54) is 5.56 Å². The monoisotopic (exact) mass is 323 g/mol. The Morgan fingerprint density at radius 3 is 2.33 bits per heavy atom. The molecular formula is C17H19Cl2NO. The predicted molar refractivity (Wildman–Crippen MR) is 89.2 cm³/mol. The molecule has 1 N–H and O–H groups in total. The van der Waals surface area contributed by atoms with Crippen LogP contribution in [0.5, 0.6) is 5.75 Å². The minimum atomic E-state index is 0.477. The van der Waals surface area contributed by atoms with Crippen LogP contribution in [0.4, 0.5) is 0 Å². The number of hydrogen-bond donors (Lipinski definition) is 1. The molecule has 112 valence electrons. The van der Waals surface area contributed by atoms with Crippen molar-refractivity contribution in [2.45, 2.75) is 26.5 Å². The maximum absolute atomic E-state index is 5.98. The van der Waals surface area contributed by atoms with E-state index < -0.39 is 0 Å². The van der Waals surface area contributed by atoms with Gasteiger partial charge in [0.05, 0.1) is 10.0 Å². The average molecular weight is 324 g/mol. The molecule has 2 aromatic carbocycles. The smallest absolute Gasteiger partial charge is 0.119 e. The second-order valence-corrected chi connectivity index (χ2v) is 5.67. The second kappa shape index (κ2) is 8.28. The number of halogens is 2. The van der Waals surface area contributed by atoms with Crippen LogP contribution in [0.25, 0.3) is 0 Å². The molecule has 0 fully saturated rings. The Kier molecular flexibility index (Phi) is 6.37. The molecule has 0 aliphatic carbocycles. The molecule has 2 nitrogen and oxygen atoms in total. The van der Waals surface area contributed by atoms with Crippen molar-refractivity contribution in [3.8, 4) is 5.75 Å². The molecule has 0 radical (unpaired) electrons. The third kappa shape index (κ3) is 5.24. The lowest BCUT2D eigenvalue weighted by atomic mass is 10.2. The zero-order valence-electron chi connectivity index (χ0n) is 12.0. The Balaban J connectivity index is 1.86. The summed E-state index contributed by atoms with van der Waals surface area (Å²) in [7, 11) is 0. The lowest BCUT2D eigenvalue weighted by Crippen LogP contribution is -2.13. The van der Waals surface area contributed by atoms with E-state index in [1.807, 2.05) is 24.3 Å². The Morgan fingerprint density at radius 1 is 0.952 bits per heavy atom. The second-order valence-electron chi connectivity index (χ2n) is 4.86. The van der Waals surface area contributed by atoms with Gasteiger partial charge in [-0.3, -0.25) is 0 Å². The molecular weight excluding hydrogens is 305 g/mol. The van der Waals surface area contributed by atoms with E-state index >= 15 is 0 Å². The quantitative estimate of drug-likeness (QED) is 0.718. The molecule has 0 aliphatic rings. The van der Waals surface area contributed by atoms with Crippen molar-refractivity contribution in [2.75, 3.05) is 6.54 Å². The molecule has 0 spiro atoms. The molecule has 0 saturated heterocycles. The topological polar surface area (TPSA) is 21.3 Å². The van der Waals surface area contributed by atoms with Crippen molar-refractivity contribution < 1.29 is 4.74 Å². The zero-order valence-corrected chi connectivity index (χ0v) is 13.5. The first-order valence-electron chi connectivity index (χ1n) is 7.05. The van der Waals surface area contributed by atoms with E-state index in [-0.39, 0.29) is 0 Å². The van der Waals surface area contributed by atoms with Gasteiger partial charge in [-0.15, -0.1) is 0 Å². The van der Waals surface area contributed by atoms with Crippen molar-refractivity contribution >= 4 is 23.2 Å². The highest BCUT2D eigenvalue weighted by molar-refractivity contribution is 6.42. The maximum Gasteiger partial charge on any atom is 0.119 e. The van der Waals surface area contributed by atoms with Crippen LogP contribution in [0.1, 0.15) is 24.5 Å². The highest BCUT2D eigenvalue weighted by atomic mass is 35.5. The zero-order chi connectivity index (χ0) is 15.1. The summed E-state index contributed by atoms with van der Waals surface area (Å²) in [6.45, 7) is 4.56. The first-order chi connectivity index (χ1) is 10.2. The minimum Gasteiger partial charge on any atom is -0.489 e. The summed E-state index contributed by atoms with van der Waals surface area (Å²) >= 11 is 11.9. The lowest BCUT2D eigenvalue weighted by Gasteiger charge is -2.08. The van der Waals surface area contributed by atoms with Crippen LogP contribution >= 0.6 is 23.2 Å². The van der Waals surface area contributed by atoms with Gasteiger partial charge in [-0.1, -0.05) is 48.3 Å². The van der Waals surface area contributed by atoms with Gasteiger partial charge in [0.15, 0.2) is 0 Å². The molecule has 21 heavy (non-hydrogen) atoms. The summed E-state index contributed by atoms with van der Waals surface area (Å²) in [5.74, 6) is 0.848. The summed E-state index contributed by atoms with van der Waals surface area (Å²) in [6.07, 6.45) is 1.14. The van der Waals surface area contributed by atoms with Crippen LogP contribution < -0.4 is 10.1 Å². The minimum absolute atomic E-state index is 0.477. The molecule has 4 heteroatoms. The Bertz CT molecular complexity index is 570. The average Bonchev–Trinajstić information content (AvgIpc) is 2.50. The fourth-order valence-electron chi connectivity index (χ4n) is 1.91. The van der Waals surface area contributed by atoms with Crippen molar-refractivity contribution in [2.24, 2.45) is 0 Å². The first kappa shape index (κ1) is 16.2. The molecule has 0 bridgehead atoms. The van der Waals surface area contributed by atoms with Crippen molar-refractivity contribution in [1.82, 2.24) is 5.32 Å². The van der Waals surface area contributed by atoms with E-state index in [9.17, 15) is 0 Å². The highest BCUT2D eigenvalue weighted by Crippen LogP contribution is 2.23. The number of nitrogens with one attached hydrogen (secondary N) is 1. The Morgan fingerprint density at radius 2 is 1.67 bits per heavy atom. The fraction of sp³-hybridized carbons (Fsp3) is 0.294. The van der Waals surface area contributed by atoms with E-state index in [2.05, 4.69) is 24.4 Å². The third-order valence-corrected chi connectivity index (χ3v) is 3.81. The SMILES string of the molecule is CCCNCc1ccc(OCc2ccc(Cl)c(Cl)c2)cc1. The third-order valence-electron chi connectivity index (χ3n) is 3.07. The van der Waals surface area contributed by atoms with Crippen molar-refractivity contribution in [3.63, 3.8) is 0 Å². The van der Waals surface area contributed by atoms with Gasteiger partial charge in [-0.05, 0) is 48.4 Å². The molecule has 0 unspecified atom stereocenters. The number of hydrogen-bond acceptors (Lipinski definition) is 2. The van der Waals surface area contributed by atoms with Crippen LogP contribution in [-0.4, -0.2) is 6.54 Å². The summed E-state index contributed by atoms with van der Waals surface area (Å²) in [5.41, 5.74) is 2.25. The van der Waals surface area contributed by atoms with E-state index in [1.54, 1.807) is 6.07 Å². The van der Waals surface area contributed by atoms with Crippen molar-refractivity contribution in [3.05, 3.63) is 63.6 Å². The van der Waals surface area contributed by atoms with Gasteiger partial charge in [0, 0.05) is 6.54 Å². The molecule has 0 atom stereocenters. The summed E-state index contributed by atoms with van der Waals surface area (Å²) in [4.78, 5) is 0. The van der Waals surface area contributed by atoms with Gasteiger partial charge in [-0.25, -0.2) is 0 Å². The standard InChI is InChI=1S/C17H19Cl2NO/c1-2-9-20-11-13-3-6-15(7-4-13)21-12-14-5-8-16(18)17(19)10-14/h3-8,10,20H,2,9,11-12H2,1H3. The van der Waals surface area contributed by atoms with Gasteiger partial charge < -0.3 is 10.1 Å². The van der Waals surface area contributed by atoms with Gasteiger partial charge in [0.2, 0.25) is 0 Å². The van der Waals surface area contributed by atoms with Crippen molar-refractivity contribution in [1.29, 1.82) is 0 Å². The van der Waals surface area contributed by atoms with Crippen LogP contribution in [0.15, 0.2) is 42.5 Å². The number of benzene rings is 2. The summed E-state index contributed by atoms with van der Waals surface area (Å²) in [6, 6.07) is 13.6. The number of ether oxygens (including phenoxy) is 1. The molecule has 0 amide bonds. The van der Waals surface area contributed by atoms with Crippen LogP contribution in [-0.2, 0) is 13.2 Å². The predicted octanol–water partition coefficient (Wildman–Crippen LogP) is 5.07. The first-order valence-corrected chi connectivity index (χ1v) is 7.81. The van der Waals surface area contributed by atoms with E-state index in [0.29, 0.717) is 16.7 Å². The summed E-state index contributed by atoms with van der Waals surface area (Å²) < 4.78 is 5.75. The number of rotatable bonds is 7.